The SMILES string of the molecule is Cc1ccc(CNC(=O)C2CCN(C(=O)NCc3cc(C)no3)CC2)cc1. The molecule has 2 aromatic rings. The molecule has 0 spiro atoms. The smallest absolute Gasteiger partial charge is 0.317 e. The summed E-state index contributed by atoms with van der Waals surface area (Å²) in [6.07, 6.45) is 1.35. The van der Waals surface area contributed by atoms with Gasteiger partial charge in [0, 0.05) is 31.6 Å². The molecule has 1 aliphatic rings. The number of hydrogen-bond donors (Lipinski definition) is 2. The second-order valence-corrected chi connectivity index (χ2v) is 7.06. The summed E-state index contributed by atoms with van der Waals surface area (Å²) in [6, 6.07) is 9.79. The van der Waals surface area contributed by atoms with Gasteiger partial charge in [-0.2, -0.15) is 0 Å². The van der Waals surface area contributed by atoms with E-state index in [0.29, 0.717) is 44.8 Å². The number of rotatable bonds is 5. The molecule has 0 bridgehead atoms. The highest BCUT2D eigenvalue weighted by Crippen LogP contribution is 2.18. The Morgan fingerprint density at radius 1 is 1.11 bits per heavy atom. The summed E-state index contributed by atoms with van der Waals surface area (Å²) in [5.74, 6) is 0.649. The first-order valence-electron chi connectivity index (χ1n) is 9.29. The molecule has 27 heavy (non-hydrogen) atoms. The van der Waals surface area contributed by atoms with E-state index in [-0.39, 0.29) is 17.9 Å². The Morgan fingerprint density at radius 3 is 2.44 bits per heavy atom. The molecule has 3 amide bonds. The van der Waals surface area contributed by atoms with E-state index in [0.717, 1.165) is 11.3 Å². The largest absolute Gasteiger partial charge is 0.359 e. The Labute approximate surface area is 159 Å². The molecule has 0 aliphatic carbocycles. The lowest BCUT2D eigenvalue weighted by Gasteiger charge is -2.31. The molecule has 7 heteroatoms. The van der Waals surface area contributed by atoms with Crippen LogP contribution in [0.3, 0.4) is 0 Å². The molecule has 1 fully saturated rings. The van der Waals surface area contributed by atoms with Gasteiger partial charge in [0.25, 0.3) is 0 Å². The number of nitrogens with zero attached hydrogens (tertiary/aromatic N) is 2. The minimum Gasteiger partial charge on any atom is -0.359 e. The molecule has 1 saturated heterocycles. The van der Waals surface area contributed by atoms with Gasteiger partial charge in [-0.15, -0.1) is 0 Å². The maximum absolute atomic E-state index is 12.4. The van der Waals surface area contributed by atoms with Crippen molar-refractivity contribution in [2.75, 3.05) is 13.1 Å². The summed E-state index contributed by atoms with van der Waals surface area (Å²) in [6.45, 7) is 5.88. The zero-order chi connectivity index (χ0) is 19.2. The zero-order valence-electron chi connectivity index (χ0n) is 15.8. The lowest BCUT2D eigenvalue weighted by Crippen LogP contribution is -2.46. The van der Waals surface area contributed by atoms with Crippen LogP contribution in [0, 0.1) is 19.8 Å². The van der Waals surface area contributed by atoms with Crippen molar-refractivity contribution >= 4 is 11.9 Å². The van der Waals surface area contributed by atoms with Crippen LogP contribution in [-0.4, -0.2) is 35.1 Å². The summed E-state index contributed by atoms with van der Waals surface area (Å²) >= 11 is 0. The molecular formula is C20H26N4O3. The van der Waals surface area contributed by atoms with Crippen LogP contribution in [0.15, 0.2) is 34.9 Å². The molecular weight excluding hydrogens is 344 g/mol. The van der Waals surface area contributed by atoms with E-state index in [4.69, 9.17) is 4.52 Å². The Morgan fingerprint density at radius 2 is 1.81 bits per heavy atom. The third kappa shape index (κ3) is 5.32. The van der Waals surface area contributed by atoms with Gasteiger partial charge in [-0.3, -0.25) is 4.79 Å². The number of likely N-dealkylation sites (tertiary alicyclic amines) is 1. The van der Waals surface area contributed by atoms with Crippen molar-refractivity contribution in [1.29, 1.82) is 0 Å². The molecule has 2 heterocycles. The van der Waals surface area contributed by atoms with E-state index in [9.17, 15) is 9.59 Å². The number of aromatic nitrogens is 1. The highest BCUT2D eigenvalue weighted by Gasteiger charge is 2.27. The Hall–Kier alpha value is -2.83. The number of hydrogen-bond acceptors (Lipinski definition) is 4. The summed E-state index contributed by atoms with van der Waals surface area (Å²) in [4.78, 5) is 26.4. The normalized spacial score (nSPS) is 14.8. The first-order chi connectivity index (χ1) is 13.0. The van der Waals surface area contributed by atoms with Crippen LogP contribution in [0.4, 0.5) is 4.79 Å². The summed E-state index contributed by atoms with van der Waals surface area (Å²) in [7, 11) is 0. The third-order valence-electron chi connectivity index (χ3n) is 4.83. The fourth-order valence-corrected chi connectivity index (χ4v) is 3.16. The van der Waals surface area contributed by atoms with Crippen molar-refractivity contribution < 1.29 is 14.1 Å². The maximum atomic E-state index is 12.4. The lowest BCUT2D eigenvalue weighted by atomic mass is 9.96. The molecule has 0 radical (unpaired) electrons. The molecule has 0 saturated carbocycles. The number of piperidine rings is 1. The molecule has 0 atom stereocenters. The molecule has 7 nitrogen and oxygen atoms in total. The first kappa shape index (κ1) is 18.9. The van der Waals surface area contributed by atoms with Gasteiger partial charge in [-0.05, 0) is 32.3 Å². The Kier molecular flexibility index (Phi) is 6.11. The minimum absolute atomic E-state index is 0.0450. The van der Waals surface area contributed by atoms with Crippen molar-refractivity contribution in [2.24, 2.45) is 5.92 Å². The minimum atomic E-state index is -0.137. The van der Waals surface area contributed by atoms with Gasteiger partial charge in [0.05, 0.1) is 12.2 Å². The highest BCUT2D eigenvalue weighted by atomic mass is 16.5. The first-order valence-corrected chi connectivity index (χ1v) is 9.29. The van der Waals surface area contributed by atoms with Crippen LogP contribution in [0.1, 0.15) is 35.4 Å². The van der Waals surface area contributed by atoms with Crippen molar-refractivity contribution in [2.45, 2.75) is 39.8 Å². The number of urea groups is 1. The van der Waals surface area contributed by atoms with E-state index in [2.05, 4.69) is 15.8 Å². The van der Waals surface area contributed by atoms with Crippen LogP contribution in [0.5, 0.6) is 0 Å². The van der Waals surface area contributed by atoms with Crippen molar-refractivity contribution in [3.63, 3.8) is 0 Å². The van der Waals surface area contributed by atoms with Gasteiger partial charge in [0.1, 0.15) is 0 Å². The zero-order valence-corrected chi connectivity index (χ0v) is 15.8. The van der Waals surface area contributed by atoms with Crippen LogP contribution >= 0.6 is 0 Å². The van der Waals surface area contributed by atoms with Gasteiger partial charge in [0.2, 0.25) is 5.91 Å². The molecule has 1 aromatic heterocycles. The number of amides is 3. The van der Waals surface area contributed by atoms with Gasteiger partial charge in [0.15, 0.2) is 5.76 Å². The lowest BCUT2D eigenvalue weighted by molar-refractivity contribution is -0.126. The molecule has 3 rings (SSSR count). The molecule has 0 unspecified atom stereocenters. The second kappa shape index (κ2) is 8.70. The van der Waals surface area contributed by atoms with Crippen molar-refractivity contribution in [3.8, 4) is 0 Å². The van der Waals surface area contributed by atoms with Crippen molar-refractivity contribution in [1.82, 2.24) is 20.7 Å². The number of aryl methyl sites for hydroxylation is 2. The monoisotopic (exact) mass is 370 g/mol. The van der Waals surface area contributed by atoms with Gasteiger partial charge >= 0.3 is 6.03 Å². The molecule has 2 N–H and O–H groups in total. The van der Waals surface area contributed by atoms with Crippen LogP contribution in [0.2, 0.25) is 0 Å². The van der Waals surface area contributed by atoms with E-state index in [1.54, 1.807) is 11.0 Å². The fraction of sp³-hybridized carbons (Fsp3) is 0.450. The quantitative estimate of drug-likeness (QED) is 0.847. The molecule has 1 aliphatic heterocycles. The van der Waals surface area contributed by atoms with Gasteiger partial charge < -0.3 is 20.1 Å². The average molecular weight is 370 g/mol. The van der Waals surface area contributed by atoms with Crippen LogP contribution in [-0.2, 0) is 17.9 Å². The number of carbonyl (C=O) groups is 2. The Balaban J connectivity index is 1.39. The summed E-state index contributed by atoms with van der Waals surface area (Å²) in [5.41, 5.74) is 3.08. The third-order valence-corrected chi connectivity index (χ3v) is 4.83. The number of carbonyl (C=O) groups excluding carboxylic acids is 2. The number of benzene rings is 1. The van der Waals surface area contributed by atoms with E-state index in [1.165, 1.54) is 5.56 Å². The second-order valence-electron chi connectivity index (χ2n) is 7.06. The summed E-state index contributed by atoms with van der Waals surface area (Å²) < 4.78 is 5.08. The molecule has 1 aromatic carbocycles. The van der Waals surface area contributed by atoms with Crippen LogP contribution in [0.25, 0.3) is 0 Å². The topological polar surface area (TPSA) is 87.5 Å². The van der Waals surface area contributed by atoms with Gasteiger partial charge in [-0.1, -0.05) is 35.0 Å². The molecule has 144 valence electrons. The fourth-order valence-electron chi connectivity index (χ4n) is 3.16. The van der Waals surface area contributed by atoms with E-state index in [1.807, 2.05) is 38.1 Å². The van der Waals surface area contributed by atoms with E-state index < -0.39 is 0 Å². The highest BCUT2D eigenvalue weighted by molar-refractivity contribution is 5.79. The summed E-state index contributed by atoms with van der Waals surface area (Å²) in [5, 5.41) is 9.63. The van der Waals surface area contributed by atoms with Crippen LogP contribution < -0.4 is 10.6 Å². The van der Waals surface area contributed by atoms with Crippen molar-refractivity contribution in [3.05, 3.63) is 52.9 Å². The predicted molar refractivity (Wildman–Crippen MR) is 101 cm³/mol. The average Bonchev–Trinajstić information content (AvgIpc) is 3.11. The predicted octanol–water partition coefficient (Wildman–Crippen LogP) is 2.53. The Bertz CT molecular complexity index is 777. The van der Waals surface area contributed by atoms with Gasteiger partial charge in [-0.25, -0.2) is 4.79 Å². The van der Waals surface area contributed by atoms with E-state index >= 15 is 0 Å². The standard InChI is InChI=1S/C20H26N4O3/c1-14-3-5-16(6-4-14)12-21-19(25)17-7-9-24(10-8-17)20(26)22-13-18-11-15(2)23-27-18/h3-6,11,17H,7-10,12-13H2,1-2H3,(H,21,25)(H,22,26). The number of nitrogens with one attached hydrogen (secondary N) is 2. The maximum Gasteiger partial charge on any atom is 0.317 e.